The molecule has 2 unspecified atom stereocenters. The molecule has 0 radical (unpaired) electrons. The number of carbonyl (C=O) groups is 1. The van der Waals surface area contributed by atoms with Crippen LogP contribution >= 0.6 is 0 Å². The van der Waals surface area contributed by atoms with E-state index >= 15 is 0 Å². The van der Waals surface area contributed by atoms with Crippen LogP contribution in [-0.4, -0.2) is 29.1 Å². The zero-order valence-corrected chi connectivity index (χ0v) is 10.6. The minimum atomic E-state index is -4.34. The van der Waals surface area contributed by atoms with Gasteiger partial charge >= 0.3 is 12.1 Å². The first-order chi connectivity index (χ1) is 9.38. The lowest BCUT2D eigenvalue weighted by Crippen LogP contribution is -2.27. The van der Waals surface area contributed by atoms with Crippen LogP contribution in [-0.2, 0) is 17.5 Å². The SMILES string of the molecule is O=C(O)C1C2CN(Cc3ccccc3C(F)(F)F)CC21. The van der Waals surface area contributed by atoms with Crippen LogP contribution in [0.1, 0.15) is 11.1 Å². The van der Waals surface area contributed by atoms with Crippen molar-refractivity contribution in [2.24, 2.45) is 17.8 Å². The fourth-order valence-electron chi connectivity index (χ4n) is 3.28. The van der Waals surface area contributed by atoms with Crippen LogP contribution in [0, 0.1) is 17.8 Å². The van der Waals surface area contributed by atoms with Crippen molar-refractivity contribution >= 4 is 5.97 Å². The molecule has 2 aliphatic rings. The third-order valence-corrected chi connectivity index (χ3v) is 4.27. The Labute approximate surface area is 114 Å². The van der Waals surface area contributed by atoms with Crippen LogP contribution in [0.2, 0.25) is 0 Å². The second-order valence-electron chi connectivity index (χ2n) is 5.54. The van der Waals surface area contributed by atoms with Gasteiger partial charge in [-0.15, -0.1) is 0 Å². The van der Waals surface area contributed by atoms with Gasteiger partial charge in [0.15, 0.2) is 0 Å². The van der Waals surface area contributed by atoms with Gasteiger partial charge in [-0.25, -0.2) is 0 Å². The van der Waals surface area contributed by atoms with Crippen molar-refractivity contribution in [3.05, 3.63) is 35.4 Å². The summed E-state index contributed by atoms with van der Waals surface area (Å²) in [6.07, 6.45) is -4.34. The van der Waals surface area contributed by atoms with Crippen LogP contribution in [0.5, 0.6) is 0 Å². The number of hydrogen-bond acceptors (Lipinski definition) is 2. The molecular weight excluding hydrogens is 271 g/mol. The van der Waals surface area contributed by atoms with Crippen LogP contribution in [0.15, 0.2) is 24.3 Å². The number of likely N-dealkylation sites (tertiary alicyclic amines) is 1. The zero-order valence-electron chi connectivity index (χ0n) is 10.6. The minimum Gasteiger partial charge on any atom is -0.481 e. The molecule has 2 fully saturated rings. The quantitative estimate of drug-likeness (QED) is 0.927. The van der Waals surface area contributed by atoms with Gasteiger partial charge in [-0.2, -0.15) is 13.2 Å². The molecule has 0 aromatic heterocycles. The molecule has 2 atom stereocenters. The first-order valence-electron chi connectivity index (χ1n) is 6.48. The van der Waals surface area contributed by atoms with E-state index in [1.807, 2.05) is 4.90 Å². The van der Waals surface area contributed by atoms with Gasteiger partial charge in [0.25, 0.3) is 0 Å². The Morgan fingerprint density at radius 2 is 1.85 bits per heavy atom. The number of fused-ring (bicyclic) bond motifs is 1. The van der Waals surface area contributed by atoms with E-state index < -0.39 is 17.7 Å². The number of rotatable bonds is 3. The Morgan fingerprint density at radius 1 is 1.25 bits per heavy atom. The van der Waals surface area contributed by atoms with E-state index in [0.717, 1.165) is 6.07 Å². The fourth-order valence-corrected chi connectivity index (χ4v) is 3.28. The van der Waals surface area contributed by atoms with Gasteiger partial charge in [0.05, 0.1) is 11.5 Å². The summed E-state index contributed by atoms with van der Waals surface area (Å²) in [6, 6.07) is 5.56. The van der Waals surface area contributed by atoms with Gasteiger partial charge in [0.1, 0.15) is 0 Å². The number of aliphatic carboxylic acids is 1. The maximum Gasteiger partial charge on any atom is 0.416 e. The summed E-state index contributed by atoms with van der Waals surface area (Å²) in [5, 5.41) is 8.92. The van der Waals surface area contributed by atoms with Crippen LogP contribution in [0.3, 0.4) is 0 Å². The summed E-state index contributed by atoms with van der Waals surface area (Å²) in [5.74, 6) is -0.837. The fraction of sp³-hybridized carbons (Fsp3) is 0.500. The molecule has 1 aliphatic carbocycles. The van der Waals surface area contributed by atoms with E-state index in [1.54, 1.807) is 6.07 Å². The standard InChI is InChI=1S/C14H14F3NO2/c15-14(16,17)11-4-2-1-3-8(11)5-18-6-9-10(7-18)12(9)13(19)20/h1-4,9-10,12H,5-7H2,(H,19,20). The molecule has 1 N–H and O–H groups in total. The van der Waals surface area contributed by atoms with Crippen LogP contribution in [0.25, 0.3) is 0 Å². The van der Waals surface area contributed by atoms with Gasteiger partial charge in [0, 0.05) is 19.6 Å². The smallest absolute Gasteiger partial charge is 0.416 e. The highest BCUT2D eigenvalue weighted by molar-refractivity contribution is 5.74. The number of alkyl halides is 3. The third-order valence-electron chi connectivity index (χ3n) is 4.27. The number of nitrogens with zero attached hydrogens (tertiary/aromatic N) is 1. The Kier molecular flexibility index (Phi) is 3.01. The average molecular weight is 285 g/mol. The molecule has 108 valence electrons. The van der Waals surface area contributed by atoms with Gasteiger partial charge in [-0.1, -0.05) is 18.2 Å². The summed E-state index contributed by atoms with van der Waals surface area (Å²) in [7, 11) is 0. The molecule has 1 heterocycles. The zero-order chi connectivity index (χ0) is 14.5. The Balaban J connectivity index is 1.68. The Morgan fingerprint density at radius 3 is 2.40 bits per heavy atom. The number of piperidine rings is 1. The molecule has 1 saturated heterocycles. The highest BCUT2D eigenvalue weighted by Gasteiger charge is 2.59. The van der Waals surface area contributed by atoms with E-state index in [1.165, 1.54) is 12.1 Å². The lowest BCUT2D eigenvalue weighted by molar-refractivity contribution is -0.139. The van der Waals surface area contributed by atoms with Gasteiger partial charge in [0.2, 0.25) is 0 Å². The number of carboxylic acids is 1. The molecule has 3 rings (SSSR count). The van der Waals surface area contributed by atoms with E-state index in [2.05, 4.69) is 0 Å². The van der Waals surface area contributed by atoms with E-state index in [-0.39, 0.29) is 29.9 Å². The molecule has 0 amide bonds. The second-order valence-corrected chi connectivity index (χ2v) is 5.54. The molecule has 0 spiro atoms. The molecule has 1 aromatic carbocycles. The van der Waals surface area contributed by atoms with Gasteiger partial charge in [-0.3, -0.25) is 9.69 Å². The van der Waals surface area contributed by atoms with Crippen molar-refractivity contribution < 1.29 is 23.1 Å². The molecule has 0 bridgehead atoms. The Hall–Kier alpha value is -1.56. The maximum atomic E-state index is 12.9. The topological polar surface area (TPSA) is 40.5 Å². The monoisotopic (exact) mass is 285 g/mol. The van der Waals surface area contributed by atoms with Crippen LogP contribution < -0.4 is 0 Å². The first kappa shape index (κ1) is 13.4. The minimum absolute atomic E-state index is 0.116. The number of carboxylic acid groups (broad SMARTS) is 1. The summed E-state index contributed by atoms with van der Waals surface area (Å²) in [5.41, 5.74) is -0.344. The summed E-state index contributed by atoms with van der Waals surface area (Å²) in [4.78, 5) is 12.8. The van der Waals surface area contributed by atoms with E-state index in [9.17, 15) is 18.0 Å². The lowest BCUT2D eigenvalue weighted by Gasteiger charge is -2.21. The first-order valence-corrected chi connectivity index (χ1v) is 6.48. The van der Waals surface area contributed by atoms with Crippen molar-refractivity contribution in [1.82, 2.24) is 4.90 Å². The second kappa shape index (κ2) is 4.48. The van der Waals surface area contributed by atoms with Crippen molar-refractivity contribution in [3.63, 3.8) is 0 Å². The van der Waals surface area contributed by atoms with Gasteiger partial charge < -0.3 is 5.11 Å². The van der Waals surface area contributed by atoms with Crippen molar-refractivity contribution in [3.8, 4) is 0 Å². The molecule has 1 saturated carbocycles. The van der Waals surface area contributed by atoms with Crippen molar-refractivity contribution in [1.29, 1.82) is 0 Å². The molecule has 6 heteroatoms. The number of hydrogen-bond donors (Lipinski definition) is 1. The normalized spacial score (nSPS) is 29.2. The molecule has 1 aliphatic heterocycles. The predicted octanol–water partition coefficient (Wildman–Crippen LogP) is 2.47. The highest BCUT2D eigenvalue weighted by Crippen LogP contribution is 2.52. The summed E-state index contributed by atoms with van der Waals surface area (Å²) >= 11 is 0. The van der Waals surface area contributed by atoms with E-state index in [0.29, 0.717) is 13.1 Å². The maximum absolute atomic E-state index is 12.9. The summed E-state index contributed by atoms with van der Waals surface area (Å²) < 4.78 is 38.6. The lowest BCUT2D eigenvalue weighted by atomic mass is 10.1. The summed E-state index contributed by atoms with van der Waals surface area (Å²) in [6.45, 7) is 1.39. The molecule has 20 heavy (non-hydrogen) atoms. The highest BCUT2D eigenvalue weighted by atomic mass is 19.4. The average Bonchev–Trinajstić information content (AvgIpc) is 2.87. The van der Waals surface area contributed by atoms with Crippen molar-refractivity contribution in [2.45, 2.75) is 12.7 Å². The number of halogens is 3. The van der Waals surface area contributed by atoms with Crippen molar-refractivity contribution in [2.75, 3.05) is 13.1 Å². The van der Waals surface area contributed by atoms with E-state index in [4.69, 9.17) is 5.11 Å². The molecule has 3 nitrogen and oxygen atoms in total. The predicted molar refractivity (Wildman–Crippen MR) is 64.8 cm³/mol. The Bertz CT molecular complexity index is 531. The van der Waals surface area contributed by atoms with Gasteiger partial charge in [-0.05, 0) is 23.5 Å². The molecule has 1 aromatic rings. The largest absolute Gasteiger partial charge is 0.481 e. The number of benzene rings is 1. The van der Waals surface area contributed by atoms with Crippen LogP contribution in [0.4, 0.5) is 13.2 Å². The third kappa shape index (κ3) is 2.28. The molecular formula is C14H14F3NO2.